The van der Waals surface area contributed by atoms with Crippen LogP contribution < -0.4 is 10.5 Å². The maximum Gasteiger partial charge on any atom is 0.335 e. The number of carboxylic acids is 1. The van der Waals surface area contributed by atoms with E-state index in [1.165, 1.54) is 12.1 Å². The Hall–Kier alpha value is -2.82. The van der Waals surface area contributed by atoms with Crippen LogP contribution in [0.15, 0.2) is 48.5 Å². The molecule has 0 fully saturated rings. The number of para-hydroxylation sites is 1. The lowest BCUT2D eigenvalue weighted by molar-refractivity contribution is 0.0696. The van der Waals surface area contributed by atoms with Crippen LogP contribution in [0.5, 0.6) is 5.75 Å². The summed E-state index contributed by atoms with van der Waals surface area (Å²) in [6, 6.07) is 13.1. The molecule has 5 nitrogen and oxygen atoms in total. The van der Waals surface area contributed by atoms with Crippen molar-refractivity contribution >= 4 is 11.9 Å². The minimum absolute atomic E-state index is 0.158. The number of amides is 1. The Morgan fingerprint density at radius 1 is 1.10 bits per heavy atom. The summed E-state index contributed by atoms with van der Waals surface area (Å²) in [5, 5.41) is 8.91. The van der Waals surface area contributed by atoms with Crippen LogP contribution in [0.1, 0.15) is 26.3 Å². The molecule has 2 rings (SSSR count). The summed E-state index contributed by atoms with van der Waals surface area (Å²) in [6.45, 7) is 0.158. The first-order chi connectivity index (χ1) is 9.58. The topological polar surface area (TPSA) is 89.6 Å². The Bertz CT molecular complexity index is 652. The standard InChI is InChI=1S/C15H13NO4/c16-14(17)12-6-1-2-7-13(12)20-9-10-4-3-5-11(8-10)15(18)19/h1-8H,9H2,(H2,16,17)(H,18,19). The molecule has 5 heteroatoms. The van der Waals surface area contributed by atoms with Crippen LogP contribution in [0.25, 0.3) is 0 Å². The largest absolute Gasteiger partial charge is 0.488 e. The van der Waals surface area contributed by atoms with E-state index in [4.69, 9.17) is 15.6 Å². The van der Waals surface area contributed by atoms with Gasteiger partial charge in [0.25, 0.3) is 5.91 Å². The lowest BCUT2D eigenvalue weighted by Crippen LogP contribution is -2.13. The van der Waals surface area contributed by atoms with Gasteiger partial charge in [-0.15, -0.1) is 0 Å². The predicted octanol–water partition coefficient (Wildman–Crippen LogP) is 2.06. The fraction of sp³-hybridized carbons (Fsp3) is 0.0667. The number of carbonyl (C=O) groups is 2. The fourth-order valence-corrected chi connectivity index (χ4v) is 1.75. The van der Waals surface area contributed by atoms with Gasteiger partial charge >= 0.3 is 5.97 Å². The summed E-state index contributed by atoms with van der Waals surface area (Å²) < 4.78 is 5.53. The molecule has 0 heterocycles. The second-order valence-corrected chi connectivity index (χ2v) is 4.15. The van der Waals surface area contributed by atoms with Gasteiger partial charge in [-0.1, -0.05) is 24.3 Å². The molecular formula is C15H13NO4. The number of ether oxygens (including phenoxy) is 1. The molecule has 2 aromatic carbocycles. The van der Waals surface area contributed by atoms with Gasteiger partial charge in [0.1, 0.15) is 12.4 Å². The van der Waals surface area contributed by atoms with E-state index in [1.807, 2.05) is 0 Å². The van der Waals surface area contributed by atoms with Crippen molar-refractivity contribution in [2.75, 3.05) is 0 Å². The van der Waals surface area contributed by atoms with Crippen LogP contribution in [-0.2, 0) is 6.61 Å². The van der Waals surface area contributed by atoms with Gasteiger partial charge in [0, 0.05) is 0 Å². The van der Waals surface area contributed by atoms with Crippen molar-refractivity contribution in [3.63, 3.8) is 0 Å². The average molecular weight is 271 g/mol. The van der Waals surface area contributed by atoms with Crippen LogP contribution in [0, 0.1) is 0 Å². The molecule has 102 valence electrons. The van der Waals surface area contributed by atoms with Crippen molar-refractivity contribution in [2.24, 2.45) is 5.73 Å². The Labute approximate surface area is 115 Å². The van der Waals surface area contributed by atoms with E-state index >= 15 is 0 Å². The van der Waals surface area contributed by atoms with Gasteiger partial charge in [0.2, 0.25) is 0 Å². The van der Waals surface area contributed by atoms with Crippen LogP contribution in [0.4, 0.5) is 0 Å². The molecule has 0 aliphatic heterocycles. The Morgan fingerprint density at radius 3 is 2.55 bits per heavy atom. The van der Waals surface area contributed by atoms with Gasteiger partial charge < -0.3 is 15.6 Å². The van der Waals surface area contributed by atoms with Crippen LogP contribution in [0.3, 0.4) is 0 Å². The summed E-state index contributed by atoms with van der Waals surface area (Å²) in [5.74, 6) is -1.19. The summed E-state index contributed by atoms with van der Waals surface area (Å²) in [7, 11) is 0. The van der Waals surface area contributed by atoms with E-state index in [0.717, 1.165) is 0 Å². The van der Waals surface area contributed by atoms with Crippen molar-refractivity contribution in [2.45, 2.75) is 6.61 Å². The van der Waals surface area contributed by atoms with Gasteiger partial charge in [-0.25, -0.2) is 4.79 Å². The molecule has 0 aromatic heterocycles. The van der Waals surface area contributed by atoms with E-state index in [9.17, 15) is 9.59 Å². The average Bonchev–Trinajstić information content (AvgIpc) is 2.45. The lowest BCUT2D eigenvalue weighted by Gasteiger charge is -2.09. The highest BCUT2D eigenvalue weighted by atomic mass is 16.5. The zero-order valence-corrected chi connectivity index (χ0v) is 10.6. The number of primary amides is 1. The second-order valence-electron chi connectivity index (χ2n) is 4.15. The molecule has 0 aliphatic rings. The van der Waals surface area contributed by atoms with Gasteiger partial charge in [-0.05, 0) is 29.8 Å². The van der Waals surface area contributed by atoms with Crippen LogP contribution in [-0.4, -0.2) is 17.0 Å². The van der Waals surface area contributed by atoms with Crippen molar-refractivity contribution in [3.8, 4) is 5.75 Å². The number of nitrogens with two attached hydrogens (primary N) is 1. The number of hydrogen-bond acceptors (Lipinski definition) is 3. The minimum Gasteiger partial charge on any atom is -0.488 e. The highest BCUT2D eigenvalue weighted by molar-refractivity contribution is 5.95. The number of hydrogen-bond donors (Lipinski definition) is 2. The number of carboxylic acid groups (broad SMARTS) is 1. The Morgan fingerprint density at radius 2 is 1.85 bits per heavy atom. The normalized spacial score (nSPS) is 10.0. The predicted molar refractivity (Wildman–Crippen MR) is 72.7 cm³/mol. The van der Waals surface area contributed by atoms with Gasteiger partial charge in [-0.2, -0.15) is 0 Å². The van der Waals surface area contributed by atoms with Gasteiger partial charge in [-0.3, -0.25) is 4.79 Å². The summed E-state index contributed by atoms with van der Waals surface area (Å²) in [6.07, 6.45) is 0. The molecule has 1 amide bonds. The van der Waals surface area contributed by atoms with E-state index in [-0.39, 0.29) is 12.2 Å². The smallest absolute Gasteiger partial charge is 0.335 e. The molecule has 0 saturated heterocycles. The van der Waals surface area contributed by atoms with Crippen molar-refractivity contribution in [1.82, 2.24) is 0 Å². The molecule has 2 aromatic rings. The molecule has 0 bridgehead atoms. The fourth-order valence-electron chi connectivity index (χ4n) is 1.75. The molecule has 0 aliphatic carbocycles. The van der Waals surface area contributed by atoms with E-state index in [2.05, 4.69) is 0 Å². The first-order valence-electron chi connectivity index (χ1n) is 5.92. The van der Waals surface area contributed by atoms with E-state index < -0.39 is 11.9 Å². The maximum absolute atomic E-state index is 11.2. The van der Waals surface area contributed by atoms with Crippen LogP contribution >= 0.6 is 0 Å². The first-order valence-corrected chi connectivity index (χ1v) is 5.92. The van der Waals surface area contributed by atoms with Crippen molar-refractivity contribution in [1.29, 1.82) is 0 Å². The summed E-state index contributed by atoms with van der Waals surface area (Å²) in [5.41, 5.74) is 6.43. The van der Waals surface area contributed by atoms with Crippen LogP contribution in [0.2, 0.25) is 0 Å². The van der Waals surface area contributed by atoms with E-state index in [1.54, 1.807) is 36.4 Å². The Balaban J connectivity index is 2.15. The van der Waals surface area contributed by atoms with E-state index in [0.29, 0.717) is 16.9 Å². The molecule has 0 radical (unpaired) electrons. The lowest BCUT2D eigenvalue weighted by atomic mass is 10.1. The maximum atomic E-state index is 11.2. The third-order valence-corrected chi connectivity index (χ3v) is 2.72. The SMILES string of the molecule is NC(=O)c1ccccc1OCc1cccc(C(=O)O)c1. The number of benzene rings is 2. The number of carbonyl (C=O) groups excluding carboxylic acids is 1. The van der Waals surface area contributed by atoms with Crippen molar-refractivity contribution in [3.05, 3.63) is 65.2 Å². The molecule has 0 atom stereocenters. The zero-order chi connectivity index (χ0) is 14.5. The quantitative estimate of drug-likeness (QED) is 0.871. The molecule has 0 saturated carbocycles. The minimum atomic E-state index is -0.996. The zero-order valence-electron chi connectivity index (χ0n) is 10.6. The third-order valence-electron chi connectivity index (χ3n) is 2.72. The Kier molecular flexibility index (Phi) is 4.00. The summed E-state index contributed by atoms with van der Waals surface area (Å²) >= 11 is 0. The molecule has 0 spiro atoms. The molecule has 20 heavy (non-hydrogen) atoms. The third kappa shape index (κ3) is 3.14. The van der Waals surface area contributed by atoms with Gasteiger partial charge in [0.15, 0.2) is 0 Å². The van der Waals surface area contributed by atoms with Crippen molar-refractivity contribution < 1.29 is 19.4 Å². The highest BCUT2D eigenvalue weighted by Gasteiger charge is 2.09. The second kappa shape index (κ2) is 5.88. The molecular weight excluding hydrogens is 258 g/mol. The van der Waals surface area contributed by atoms with Gasteiger partial charge in [0.05, 0.1) is 11.1 Å². The number of aromatic carboxylic acids is 1. The molecule has 3 N–H and O–H groups in total. The summed E-state index contributed by atoms with van der Waals surface area (Å²) in [4.78, 5) is 22.1. The monoisotopic (exact) mass is 271 g/mol. The first kappa shape index (κ1) is 13.6. The highest BCUT2D eigenvalue weighted by Crippen LogP contribution is 2.19. The number of rotatable bonds is 5. The molecule has 0 unspecified atom stereocenters.